The first-order valence-corrected chi connectivity index (χ1v) is 6.91. The number of halogens is 1. The van der Waals surface area contributed by atoms with Gasteiger partial charge in [-0.1, -0.05) is 28.1 Å². The Balaban J connectivity index is 2.18. The number of nitro groups is 1. The fourth-order valence-corrected chi connectivity index (χ4v) is 1.96. The van der Waals surface area contributed by atoms with E-state index in [2.05, 4.69) is 26.2 Å². The van der Waals surface area contributed by atoms with E-state index in [1.54, 1.807) is 24.3 Å². The third-order valence-electron chi connectivity index (χ3n) is 2.66. The molecule has 0 aromatic heterocycles. The van der Waals surface area contributed by atoms with Gasteiger partial charge in [-0.05, 0) is 30.3 Å². The third kappa shape index (κ3) is 3.89. The van der Waals surface area contributed by atoms with Gasteiger partial charge in [-0.3, -0.25) is 20.2 Å². The van der Waals surface area contributed by atoms with E-state index in [0.717, 1.165) is 4.47 Å². The molecule has 0 unspecified atom stereocenters. The normalized spacial score (nSPS) is 11.0. The number of amides is 1. The largest absolute Gasteiger partial charge is 0.369 e. The van der Waals surface area contributed by atoms with Crippen molar-refractivity contribution in [3.05, 3.63) is 68.7 Å². The van der Waals surface area contributed by atoms with Crippen molar-refractivity contribution < 1.29 is 9.72 Å². The average Bonchev–Trinajstić information content (AvgIpc) is 2.49. The molecule has 0 fully saturated rings. The van der Waals surface area contributed by atoms with E-state index in [0.29, 0.717) is 5.69 Å². The highest BCUT2D eigenvalue weighted by Gasteiger charge is 2.19. The van der Waals surface area contributed by atoms with E-state index >= 15 is 0 Å². The maximum absolute atomic E-state index is 12.0. The van der Waals surface area contributed by atoms with E-state index in [1.165, 1.54) is 24.3 Å². The van der Waals surface area contributed by atoms with Crippen LogP contribution in [0, 0.1) is 10.1 Å². The summed E-state index contributed by atoms with van der Waals surface area (Å²) < 4.78 is 0.883. The Morgan fingerprint density at radius 1 is 1.18 bits per heavy atom. The average molecular weight is 363 g/mol. The first-order chi connectivity index (χ1) is 10.5. The van der Waals surface area contributed by atoms with E-state index in [1.807, 2.05) is 0 Å². The zero-order valence-corrected chi connectivity index (χ0v) is 12.8. The fraction of sp³-hybridized carbons (Fsp3) is 0. The summed E-state index contributed by atoms with van der Waals surface area (Å²) in [5, 5.41) is 13.2. The number of para-hydroxylation sites is 1. The zero-order valence-electron chi connectivity index (χ0n) is 11.2. The van der Waals surface area contributed by atoms with E-state index in [-0.39, 0.29) is 17.2 Å². The molecule has 0 saturated carbocycles. The Bertz CT molecular complexity index is 744. The number of nitrogens with one attached hydrogen (secondary N) is 1. The second-order valence-corrected chi connectivity index (χ2v) is 5.12. The van der Waals surface area contributed by atoms with E-state index in [9.17, 15) is 14.9 Å². The molecule has 0 atom stereocenters. The quantitative estimate of drug-likeness (QED) is 0.378. The molecule has 0 aliphatic carbocycles. The number of rotatable bonds is 3. The van der Waals surface area contributed by atoms with Gasteiger partial charge in [-0.25, -0.2) is 4.99 Å². The van der Waals surface area contributed by atoms with Crippen LogP contribution in [0.5, 0.6) is 0 Å². The maximum Gasteiger partial charge on any atom is 0.282 e. The molecule has 112 valence electrons. The van der Waals surface area contributed by atoms with Crippen molar-refractivity contribution in [2.75, 3.05) is 0 Å². The summed E-state index contributed by atoms with van der Waals surface area (Å²) in [6, 6.07) is 12.6. The molecule has 0 saturated heterocycles. The SMILES string of the molecule is NC(=Nc1ccc(Br)cc1)NC(=O)c1ccccc1[N+](=O)[O-]. The van der Waals surface area contributed by atoms with Crippen LogP contribution in [0.15, 0.2) is 58.0 Å². The van der Waals surface area contributed by atoms with Gasteiger partial charge >= 0.3 is 0 Å². The Morgan fingerprint density at radius 2 is 1.82 bits per heavy atom. The number of benzene rings is 2. The molecule has 2 aromatic rings. The summed E-state index contributed by atoms with van der Waals surface area (Å²) >= 11 is 3.29. The van der Waals surface area contributed by atoms with Gasteiger partial charge in [0.2, 0.25) is 5.96 Å². The molecule has 0 radical (unpaired) electrons. The lowest BCUT2D eigenvalue weighted by atomic mass is 10.1. The van der Waals surface area contributed by atoms with Crippen LogP contribution in [-0.4, -0.2) is 16.8 Å². The highest BCUT2D eigenvalue weighted by atomic mass is 79.9. The van der Waals surface area contributed by atoms with Crippen LogP contribution in [0.4, 0.5) is 11.4 Å². The second kappa shape index (κ2) is 6.81. The molecule has 1 amide bonds. The monoisotopic (exact) mass is 362 g/mol. The molecule has 22 heavy (non-hydrogen) atoms. The van der Waals surface area contributed by atoms with E-state index in [4.69, 9.17) is 5.73 Å². The molecule has 2 aromatic carbocycles. The highest BCUT2D eigenvalue weighted by Crippen LogP contribution is 2.18. The summed E-state index contributed by atoms with van der Waals surface area (Å²) in [6.07, 6.45) is 0. The van der Waals surface area contributed by atoms with Gasteiger partial charge < -0.3 is 5.73 Å². The molecule has 7 nitrogen and oxygen atoms in total. The molecule has 0 heterocycles. The molecule has 0 spiro atoms. The number of hydrogen-bond acceptors (Lipinski definition) is 4. The lowest BCUT2D eigenvalue weighted by Gasteiger charge is -2.05. The number of carbonyl (C=O) groups excluding carboxylic acids is 1. The predicted molar refractivity (Wildman–Crippen MR) is 86.0 cm³/mol. The first kappa shape index (κ1) is 15.6. The summed E-state index contributed by atoms with van der Waals surface area (Å²) in [5.41, 5.74) is 5.81. The van der Waals surface area contributed by atoms with E-state index < -0.39 is 10.8 Å². The number of nitrogens with two attached hydrogens (primary N) is 1. The Hall–Kier alpha value is -2.74. The molecule has 8 heteroatoms. The minimum atomic E-state index is -0.689. The van der Waals surface area contributed by atoms with Crippen molar-refractivity contribution in [3.8, 4) is 0 Å². The van der Waals surface area contributed by atoms with Gasteiger partial charge in [0.25, 0.3) is 11.6 Å². The van der Waals surface area contributed by atoms with Gasteiger partial charge in [0.1, 0.15) is 5.56 Å². The minimum Gasteiger partial charge on any atom is -0.369 e. The number of nitro benzene ring substituents is 1. The van der Waals surface area contributed by atoms with Gasteiger partial charge in [-0.15, -0.1) is 0 Å². The van der Waals surface area contributed by atoms with Crippen molar-refractivity contribution in [2.45, 2.75) is 0 Å². The first-order valence-electron chi connectivity index (χ1n) is 6.12. The van der Waals surface area contributed by atoms with Crippen LogP contribution in [-0.2, 0) is 0 Å². The molecule has 0 aliphatic heterocycles. The topological polar surface area (TPSA) is 111 Å². The van der Waals surface area contributed by atoms with Crippen LogP contribution in [0.2, 0.25) is 0 Å². The number of guanidine groups is 1. The summed E-state index contributed by atoms with van der Waals surface area (Å²) in [5.74, 6) is -0.837. The summed E-state index contributed by atoms with van der Waals surface area (Å²) in [4.78, 5) is 26.3. The summed E-state index contributed by atoms with van der Waals surface area (Å²) in [6.45, 7) is 0. The van der Waals surface area contributed by atoms with Crippen LogP contribution in [0.25, 0.3) is 0 Å². The molecule has 0 aliphatic rings. The van der Waals surface area contributed by atoms with Crippen LogP contribution >= 0.6 is 15.9 Å². The number of aliphatic imine (C=N–C) groups is 1. The smallest absolute Gasteiger partial charge is 0.282 e. The Labute approximate surface area is 134 Å². The van der Waals surface area contributed by atoms with Crippen molar-refractivity contribution in [1.29, 1.82) is 0 Å². The molecule has 2 rings (SSSR count). The molecular formula is C14H11BrN4O3. The van der Waals surface area contributed by atoms with Gasteiger partial charge in [0, 0.05) is 10.5 Å². The lowest BCUT2D eigenvalue weighted by molar-refractivity contribution is -0.385. The van der Waals surface area contributed by atoms with Gasteiger partial charge in [-0.2, -0.15) is 0 Å². The van der Waals surface area contributed by atoms with Gasteiger partial charge in [0.05, 0.1) is 10.6 Å². The molecule has 3 N–H and O–H groups in total. The molecule has 0 bridgehead atoms. The third-order valence-corrected chi connectivity index (χ3v) is 3.19. The number of carbonyl (C=O) groups is 1. The van der Waals surface area contributed by atoms with Crippen LogP contribution in [0.1, 0.15) is 10.4 Å². The predicted octanol–water partition coefficient (Wildman–Crippen LogP) is 2.73. The standard InChI is InChI=1S/C14H11BrN4O3/c15-9-5-7-10(8-6-9)17-14(16)18-13(20)11-3-1-2-4-12(11)19(21)22/h1-8H,(H3,16,17,18,20). The second-order valence-electron chi connectivity index (χ2n) is 4.20. The van der Waals surface area contributed by atoms with Gasteiger partial charge in [0.15, 0.2) is 0 Å². The van der Waals surface area contributed by atoms with Crippen molar-refractivity contribution in [1.82, 2.24) is 5.32 Å². The molecular weight excluding hydrogens is 352 g/mol. The minimum absolute atomic E-state index is 0.0820. The Morgan fingerprint density at radius 3 is 2.45 bits per heavy atom. The number of nitrogens with zero attached hydrogens (tertiary/aromatic N) is 2. The lowest BCUT2D eigenvalue weighted by Crippen LogP contribution is -2.36. The van der Waals surface area contributed by atoms with Crippen molar-refractivity contribution in [2.24, 2.45) is 10.7 Å². The zero-order chi connectivity index (χ0) is 16.1. The maximum atomic E-state index is 12.0. The summed E-state index contributed by atoms with van der Waals surface area (Å²) in [7, 11) is 0. The van der Waals surface area contributed by atoms with Crippen LogP contribution < -0.4 is 11.1 Å². The number of hydrogen-bond donors (Lipinski definition) is 2. The highest BCUT2D eigenvalue weighted by molar-refractivity contribution is 9.10. The fourth-order valence-electron chi connectivity index (χ4n) is 1.69. The van der Waals surface area contributed by atoms with Crippen LogP contribution in [0.3, 0.4) is 0 Å². The van der Waals surface area contributed by atoms with Crippen molar-refractivity contribution in [3.63, 3.8) is 0 Å². The Kier molecular flexibility index (Phi) is 4.84. The van der Waals surface area contributed by atoms with Crippen molar-refractivity contribution >= 4 is 39.2 Å².